The molecule has 0 N–H and O–H groups in total. The molecule has 1 heterocycles. The second-order valence-electron chi connectivity index (χ2n) is 10.4. The van der Waals surface area contributed by atoms with E-state index in [0.29, 0.717) is 16.6 Å². The van der Waals surface area contributed by atoms with Gasteiger partial charge in [-0.1, -0.05) is 103 Å². The smallest absolute Gasteiger partial charge is 0.146 e. The van der Waals surface area contributed by atoms with Gasteiger partial charge in [0.1, 0.15) is 13.8 Å². The van der Waals surface area contributed by atoms with Crippen LogP contribution in [-0.4, -0.2) is 21.1 Å². The maximum absolute atomic E-state index is 4.72. The van der Waals surface area contributed by atoms with E-state index in [4.69, 9.17) is 4.98 Å². The standard InChI is InChI=1S/C26H41I2NSi2/c1-11-12-22(26(28)30(8,9)10)17-25(27)23-13-14-24(29-18-23)15-16-31(19(2)3,20(4)5)21(6)7/h13-14,17-21H,11-12H2,1-10H3/b25-17-,26-22+. The Morgan fingerprint density at radius 1 is 1.00 bits per heavy atom. The summed E-state index contributed by atoms with van der Waals surface area (Å²) < 4.78 is 2.84. The lowest BCUT2D eigenvalue weighted by Gasteiger charge is -2.38. The van der Waals surface area contributed by atoms with Crippen molar-refractivity contribution in [3.8, 4) is 11.5 Å². The average molecular weight is 678 g/mol. The predicted octanol–water partition coefficient (Wildman–Crippen LogP) is 9.79. The molecule has 172 valence electrons. The minimum absolute atomic E-state index is 0.640. The third kappa shape index (κ3) is 7.82. The van der Waals surface area contributed by atoms with E-state index in [1.807, 2.05) is 6.20 Å². The van der Waals surface area contributed by atoms with Crippen molar-refractivity contribution >= 4 is 64.9 Å². The molecule has 0 aliphatic carbocycles. The lowest BCUT2D eigenvalue weighted by Crippen LogP contribution is -2.43. The minimum atomic E-state index is -1.72. The summed E-state index contributed by atoms with van der Waals surface area (Å²) in [6.45, 7) is 23.7. The number of aromatic nitrogens is 1. The van der Waals surface area contributed by atoms with E-state index < -0.39 is 16.1 Å². The zero-order chi connectivity index (χ0) is 24.0. The van der Waals surface area contributed by atoms with Gasteiger partial charge in [-0.3, -0.25) is 0 Å². The molecule has 0 aliphatic heterocycles. The molecule has 1 aromatic rings. The highest BCUT2D eigenvalue weighted by Crippen LogP contribution is 2.40. The molecule has 0 bridgehead atoms. The molecule has 0 radical (unpaired) electrons. The van der Waals surface area contributed by atoms with Crippen LogP contribution in [0.5, 0.6) is 0 Å². The third-order valence-electron chi connectivity index (χ3n) is 6.07. The zero-order valence-electron chi connectivity index (χ0n) is 21.2. The Bertz CT molecular complexity index is 826. The van der Waals surface area contributed by atoms with Gasteiger partial charge in [-0.15, -0.1) is 5.54 Å². The van der Waals surface area contributed by atoms with E-state index in [-0.39, 0.29) is 0 Å². The van der Waals surface area contributed by atoms with Gasteiger partial charge >= 0.3 is 0 Å². The molecule has 0 aliphatic rings. The fourth-order valence-electron chi connectivity index (χ4n) is 4.45. The largest absolute Gasteiger partial charge is 0.247 e. The Hall–Kier alpha value is 0.0838. The maximum Gasteiger partial charge on any atom is 0.146 e. The molecule has 0 aromatic carbocycles. The number of allylic oxidation sites excluding steroid dienone is 2. The van der Waals surface area contributed by atoms with Crippen molar-refractivity contribution in [1.29, 1.82) is 0 Å². The quantitative estimate of drug-likeness (QED) is 0.116. The molecule has 0 fully saturated rings. The summed E-state index contributed by atoms with van der Waals surface area (Å²) in [5.41, 5.74) is 9.28. The van der Waals surface area contributed by atoms with Crippen molar-refractivity contribution < 1.29 is 0 Å². The highest BCUT2D eigenvalue weighted by Gasteiger charge is 2.41. The highest BCUT2D eigenvalue weighted by molar-refractivity contribution is 14.1. The number of hydrogen-bond donors (Lipinski definition) is 0. The number of halogens is 2. The van der Waals surface area contributed by atoms with Crippen LogP contribution in [0.2, 0.25) is 36.3 Å². The van der Waals surface area contributed by atoms with Gasteiger partial charge in [0.25, 0.3) is 0 Å². The fraction of sp³-hybridized carbons (Fsp3) is 0.577. The van der Waals surface area contributed by atoms with Gasteiger partial charge in [0.15, 0.2) is 0 Å². The van der Waals surface area contributed by atoms with Gasteiger partial charge in [-0.25, -0.2) is 4.98 Å². The second kappa shape index (κ2) is 12.5. The number of pyridine rings is 1. The Balaban J connectivity index is 3.28. The van der Waals surface area contributed by atoms with E-state index in [0.717, 1.165) is 12.1 Å². The van der Waals surface area contributed by atoms with E-state index in [9.17, 15) is 0 Å². The van der Waals surface area contributed by atoms with E-state index in [1.54, 1.807) is 3.20 Å². The summed E-state index contributed by atoms with van der Waals surface area (Å²) >= 11 is 5.05. The first-order chi connectivity index (χ1) is 14.3. The van der Waals surface area contributed by atoms with Gasteiger partial charge in [-0.05, 0) is 72.6 Å². The second-order valence-corrected chi connectivity index (χ2v) is 24.2. The van der Waals surface area contributed by atoms with Crippen molar-refractivity contribution in [2.75, 3.05) is 0 Å². The van der Waals surface area contributed by atoms with Crippen LogP contribution in [0.3, 0.4) is 0 Å². The first-order valence-corrected chi connectivity index (χ1v) is 19.4. The van der Waals surface area contributed by atoms with Gasteiger partial charge in [-0.2, -0.15) is 0 Å². The van der Waals surface area contributed by atoms with Gasteiger partial charge in [0.05, 0.1) is 8.07 Å². The van der Waals surface area contributed by atoms with Crippen molar-refractivity contribution in [2.24, 2.45) is 0 Å². The minimum Gasteiger partial charge on any atom is -0.247 e. The fourth-order valence-corrected chi connectivity index (χ4v) is 11.9. The van der Waals surface area contributed by atoms with Gasteiger partial charge in [0.2, 0.25) is 0 Å². The molecule has 0 spiro atoms. The molecular weight excluding hydrogens is 636 g/mol. The summed E-state index contributed by atoms with van der Waals surface area (Å²) in [6, 6.07) is 4.28. The average Bonchev–Trinajstić information content (AvgIpc) is 2.66. The molecule has 0 saturated heterocycles. The molecular formula is C26H41I2NSi2. The SMILES string of the molecule is CCCC(/C=C(\I)c1ccc(C#C[Si](C(C)C)(C(C)C)C(C)C)nc1)=C(/I)[Si](C)(C)C. The lowest BCUT2D eigenvalue weighted by molar-refractivity contribution is 0.838. The van der Waals surface area contributed by atoms with Crippen LogP contribution in [-0.2, 0) is 0 Å². The molecule has 0 atom stereocenters. The topological polar surface area (TPSA) is 12.9 Å². The molecule has 0 saturated carbocycles. The predicted molar refractivity (Wildman–Crippen MR) is 163 cm³/mol. The van der Waals surface area contributed by atoms with Crippen LogP contribution in [0.25, 0.3) is 3.58 Å². The van der Waals surface area contributed by atoms with Crippen LogP contribution >= 0.6 is 45.2 Å². The highest BCUT2D eigenvalue weighted by atomic mass is 127. The van der Waals surface area contributed by atoms with Gasteiger partial charge < -0.3 is 0 Å². The number of rotatable bonds is 8. The Morgan fingerprint density at radius 3 is 1.94 bits per heavy atom. The Kier molecular flexibility index (Phi) is 11.8. The van der Waals surface area contributed by atoms with Crippen LogP contribution in [0.4, 0.5) is 0 Å². The molecule has 5 heteroatoms. The maximum atomic E-state index is 4.72. The Labute approximate surface area is 221 Å². The lowest BCUT2D eigenvalue weighted by atomic mass is 10.1. The summed E-state index contributed by atoms with van der Waals surface area (Å²) in [4.78, 5) is 4.72. The van der Waals surface area contributed by atoms with E-state index >= 15 is 0 Å². The molecule has 1 rings (SSSR count). The third-order valence-corrected chi connectivity index (χ3v) is 20.5. The summed E-state index contributed by atoms with van der Waals surface area (Å²) in [5.74, 6) is 3.47. The van der Waals surface area contributed by atoms with Crippen molar-refractivity contribution in [3.63, 3.8) is 0 Å². The van der Waals surface area contributed by atoms with Crippen molar-refractivity contribution in [3.05, 3.63) is 44.4 Å². The summed E-state index contributed by atoms with van der Waals surface area (Å²) in [5, 5.41) is 0. The molecule has 1 nitrogen and oxygen atoms in total. The van der Waals surface area contributed by atoms with Crippen LogP contribution in [0.15, 0.2) is 33.2 Å². The molecule has 0 unspecified atom stereocenters. The van der Waals surface area contributed by atoms with Crippen LogP contribution in [0.1, 0.15) is 72.6 Å². The first kappa shape index (κ1) is 29.1. The van der Waals surface area contributed by atoms with Gasteiger partial charge in [0, 0.05) is 15.3 Å². The summed E-state index contributed by atoms with van der Waals surface area (Å²) in [6.07, 6.45) is 6.68. The van der Waals surface area contributed by atoms with Crippen molar-refractivity contribution in [2.45, 2.75) is 97.6 Å². The normalized spacial score (nSPS) is 14.1. The Morgan fingerprint density at radius 2 is 1.55 bits per heavy atom. The summed E-state index contributed by atoms with van der Waals surface area (Å²) in [7, 11) is -3.03. The monoisotopic (exact) mass is 677 g/mol. The van der Waals surface area contributed by atoms with Crippen LogP contribution in [0, 0.1) is 11.5 Å². The first-order valence-electron chi connectivity index (χ1n) is 11.5. The number of nitrogens with zero attached hydrogens (tertiary/aromatic N) is 1. The van der Waals surface area contributed by atoms with Crippen LogP contribution < -0.4 is 0 Å². The number of hydrogen-bond acceptors (Lipinski definition) is 1. The molecule has 1 aromatic heterocycles. The van der Waals surface area contributed by atoms with E-state index in [1.165, 1.54) is 21.1 Å². The van der Waals surface area contributed by atoms with E-state index in [2.05, 4.69) is 143 Å². The molecule has 31 heavy (non-hydrogen) atoms. The zero-order valence-corrected chi connectivity index (χ0v) is 27.5. The molecule has 0 amide bonds. The van der Waals surface area contributed by atoms with Crippen molar-refractivity contribution in [1.82, 2.24) is 4.98 Å².